The molecule has 3 atom stereocenters. The number of aliphatic hydroxyl groups is 1. The summed E-state index contributed by atoms with van der Waals surface area (Å²) in [5.41, 5.74) is 6.91. The summed E-state index contributed by atoms with van der Waals surface area (Å²) in [6, 6.07) is 0. The minimum Gasteiger partial charge on any atom is -0.394 e. The number of fused-ring (bicyclic) bond motifs is 1. The number of ether oxygens (including phenoxy) is 2. The van der Waals surface area contributed by atoms with Crippen LogP contribution in [-0.2, 0) is 9.47 Å². The molecule has 0 amide bonds. The minimum absolute atomic E-state index is 0.0335. The van der Waals surface area contributed by atoms with Crippen LogP contribution in [0.5, 0.6) is 0 Å². The van der Waals surface area contributed by atoms with Crippen LogP contribution in [-0.4, -0.2) is 51.1 Å². The number of nitrogen functional groups attached to an aromatic ring is 1. The maximum atomic E-state index is 9.20. The van der Waals surface area contributed by atoms with E-state index in [1.807, 2.05) is 0 Å². The molecule has 0 aliphatic carbocycles. The molecule has 8 nitrogen and oxygen atoms in total. The van der Waals surface area contributed by atoms with E-state index in [0.717, 1.165) is 0 Å². The van der Waals surface area contributed by atoms with Crippen LogP contribution < -0.4 is 5.73 Å². The Hall–Kier alpha value is -1.77. The smallest absolute Gasteiger partial charge is 0.167 e. The molecule has 1 aliphatic heterocycles. The molecule has 1 saturated heterocycles. The van der Waals surface area contributed by atoms with Crippen LogP contribution in [0.4, 0.5) is 5.82 Å². The predicted octanol–water partition coefficient (Wildman–Crippen LogP) is -0.439. The van der Waals surface area contributed by atoms with Crippen molar-refractivity contribution < 1.29 is 14.6 Å². The second kappa shape index (κ2) is 4.72. The average Bonchev–Trinajstić information content (AvgIpc) is 2.81. The molecule has 0 bridgehead atoms. The summed E-state index contributed by atoms with van der Waals surface area (Å²) in [7, 11) is 1.62. The van der Waals surface area contributed by atoms with Crippen molar-refractivity contribution in [3.8, 4) is 0 Å². The number of aromatic nitrogens is 4. The number of anilines is 1. The van der Waals surface area contributed by atoms with Crippen LogP contribution in [0, 0.1) is 5.92 Å². The van der Waals surface area contributed by atoms with Gasteiger partial charge in [-0.25, -0.2) is 15.0 Å². The van der Waals surface area contributed by atoms with Crippen LogP contribution in [0.15, 0.2) is 12.7 Å². The van der Waals surface area contributed by atoms with Crippen molar-refractivity contribution in [1.29, 1.82) is 0 Å². The van der Waals surface area contributed by atoms with Gasteiger partial charge in [-0.3, -0.25) is 4.57 Å². The molecule has 2 aromatic rings. The average molecular weight is 265 g/mol. The fourth-order valence-corrected chi connectivity index (χ4v) is 2.36. The summed E-state index contributed by atoms with van der Waals surface area (Å²) in [5, 5.41) is 9.20. The minimum atomic E-state index is -0.253. The number of aliphatic hydroxyl groups excluding tert-OH is 1. The Kier molecular flexibility index (Phi) is 3.05. The van der Waals surface area contributed by atoms with Crippen molar-refractivity contribution in [1.82, 2.24) is 19.5 Å². The molecule has 3 rings (SSSR count). The summed E-state index contributed by atoms with van der Waals surface area (Å²) in [6.07, 6.45) is 2.54. The fraction of sp³-hybridized carbons (Fsp3) is 0.545. The Balaban J connectivity index is 1.94. The van der Waals surface area contributed by atoms with Gasteiger partial charge in [0, 0.05) is 7.11 Å². The van der Waals surface area contributed by atoms with Gasteiger partial charge in [-0.1, -0.05) is 0 Å². The molecule has 0 spiro atoms. The molecule has 0 saturated carbocycles. The van der Waals surface area contributed by atoms with E-state index in [0.29, 0.717) is 23.6 Å². The third-order valence-electron chi connectivity index (χ3n) is 3.36. The highest BCUT2D eigenvalue weighted by Gasteiger charge is 2.43. The number of nitrogens with two attached hydrogens (primary N) is 1. The molecule has 1 fully saturated rings. The first kappa shape index (κ1) is 12.3. The Bertz CT molecular complexity index is 587. The fourth-order valence-electron chi connectivity index (χ4n) is 2.36. The lowest BCUT2D eigenvalue weighted by Gasteiger charge is -2.43. The van der Waals surface area contributed by atoms with Crippen LogP contribution in [0.3, 0.4) is 0 Å². The summed E-state index contributed by atoms with van der Waals surface area (Å²) < 4.78 is 12.6. The Morgan fingerprint density at radius 3 is 3.05 bits per heavy atom. The van der Waals surface area contributed by atoms with Crippen LogP contribution in [0.2, 0.25) is 0 Å². The van der Waals surface area contributed by atoms with E-state index in [1.165, 1.54) is 6.33 Å². The highest BCUT2D eigenvalue weighted by Crippen LogP contribution is 2.38. The van der Waals surface area contributed by atoms with Gasteiger partial charge in [0.25, 0.3) is 0 Å². The largest absolute Gasteiger partial charge is 0.394 e. The van der Waals surface area contributed by atoms with Gasteiger partial charge < -0.3 is 20.3 Å². The van der Waals surface area contributed by atoms with Crippen LogP contribution in [0.1, 0.15) is 6.23 Å². The highest BCUT2D eigenvalue weighted by atomic mass is 16.6. The Labute approximate surface area is 109 Å². The zero-order valence-electron chi connectivity index (χ0n) is 10.4. The SMILES string of the molecule is COC[C@H]1[C@H](n2cnc3c(N)ncnc32)O[C@@H]1CO. The van der Waals surface area contributed by atoms with Crippen LogP contribution >= 0.6 is 0 Å². The summed E-state index contributed by atoms with van der Waals surface area (Å²) in [4.78, 5) is 12.3. The van der Waals surface area contributed by atoms with Gasteiger partial charge >= 0.3 is 0 Å². The Morgan fingerprint density at radius 1 is 1.47 bits per heavy atom. The number of methoxy groups -OCH3 is 1. The number of hydrogen-bond donors (Lipinski definition) is 2. The van der Waals surface area contributed by atoms with E-state index in [-0.39, 0.29) is 24.9 Å². The molecule has 0 aromatic carbocycles. The first-order chi connectivity index (χ1) is 9.26. The van der Waals surface area contributed by atoms with Crippen molar-refractivity contribution in [3.05, 3.63) is 12.7 Å². The third-order valence-corrected chi connectivity index (χ3v) is 3.36. The monoisotopic (exact) mass is 265 g/mol. The summed E-state index contributed by atoms with van der Waals surface area (Å²) in [6.45, 7) is 0.463. The zero-order valence-corrected chi connectivity index (χ0v) is 10.4. The molecule has 102 valence electrons. The molecule has 3 heterocycles. The van der Waals surface area contributed by atoms with Gasteiger partial charge in [0.15, 0.2) is 11.5 Å². The summed E-state index contributed by atoms with van der Waals surface area (Å²) in [5.74, 6) is 0.397. The third kappa shape index (κ3) is 1.84. The lowest BCUT2D eigenvalue weighted by atomic mass is 9.95. The number of hydrogen-bond acceptors (Lipinski definition) is 7. The lowest BCUT2D eigenvalue weighted by molar-refractivity contribution is -0.245. The van der Waals surface area contributed by atoms with Crippen molar-refractivity contribution in [2.75, 3.05) is 26.1 Å². The molecule has 1 aliphatic rings. The van der Waals surface area contributed by atoms with E-state index in [4.69, 9.17) is 15.2 Å². The molecular weight excluding hydrogens is 250 g/mol. The van der Waals surface area contributed by atoms with E-state index >= 15 is 0 Å². The van der Waals surface area contributed by atoms with Crippen molar-refractivity contribution >= 4 is 17.0 Å². The molecule has 8 heteroatoms. The first-order valence-corrected chi connectivity index (χ1v) is 5.94. The first-order valence-electron chi connectivity index (χ1n) is 5.94. The van der Waals surface area contributed by atoms with E-state index < -0.39 is 0 Å². The Morgan fingerprint density at radius 2 is 2.32 bits per heavy atom. The van der Waals surface area contributed by atoms with Gasteiger partial charge in [0.05, 0.1) is 31.6 Å². The maximum Gasteiger partial charge on any atom is 0.167 e. The topological polar surface area (TPSA) is 108 Å². The van der Waals surface area contributed by atoms with E-state index in [1.54, 1.807) is 18.0 Å². The number of imidazole rings is 1. The second-order valence-electron chi connectivity index (χ2n) is 4.45. The van der Waals surface area contributed by atoms with Crippen molar-refractivity contribution in [3.63, 3.8) is 0 Å². The van der Waals surface area contributed by atoms with E-state index in [2.05, 4.69) is 15.0 Å². The van der Waals surface area contributed by atoms with Crippen molar-refractivity contribution in [2.24, 2.45) is 5.92 Å². The molecule has 0 radical (unpaired) electrons. The van der Waals surface area contributed by atoms with Gasteiger partial charge in [-0.15, -0.1) is 0 Å². The molecule has 0 unspecified atom stereocenters. The van der Waals surface area contributed by atoms with Gasteiger partial charge in [-0.2, -0.15) is 0 Å². The number of rotatable bonds is 4. The van der Waals surface area contributed by atoms with E-state index in [9.17, 15) is 5.11 Å². The van der Waals surface area contributed by atoms with Gasteiger partial charge in [0.2, 0.25) is 0 Å². The second-order valence-corrected chi connectivity index (χ2v) is 4.45. The zero-order chi connectivity index (χ0) is 13.4. The predicted molar refractivity (Wildman–Crippen MR) is 66.1 cm³/mol. The van der Waals surface area contributed by atoms with Gasteiger partial charge in [0.1, 0.15) is 18.1 Å². The molecule has 2 aromatic heterocycles. The lowest BCUT2D eigenvalue weighted by Crippen LogP contribution is -2.49. The van der Waals surface area contributed by atoms with Crippen LogP contribution in [0.25, 0.3) is 11.2 Å². The highest BCUT2D eigenvalue weighted by molar-refractivity contribution is 5.81. The quantitative estimate of drug-likeness (QED) is 0.771. The molecule has 3 N–H and O–H groups in total. The normalized spacial score (nSPS) is 26.5. The van der Waals surface area contributed by atoms with Crippen molar-refractivity contribution in [2.45, 2.75) is 12.3 Å². The molecule has 19 heavy (non-hydrogen) atoms. The van der Waals surface area contributed by atoms with Gasteiger partial charge in [-0.05, 0) is 0 Å². The molecular formula is C11H15N5O3. The number of nitrogens with zero attached hydrogens (tertiary/aromatic N) is 4. The summed E-state index contributed by atoms with van der Waals surface area (Å²) >= 11 is 0. The standard InChI is InChI=1S/C11H15N5O3/c1-18-3-6-7(2-17)19-11(6)16-5-15-8-9(12)13-4-14-10(8)16/h4-7,11,17H,2-3H2,1H3,(H2,12,13,14)/t6-,7-,11-/m1/s1. The maximum absolute atomic E-state index is 9.20.